The molecular formula is C42H24N4O2. The van der Waals surface area contributed by atoms with Gasteiger partial charge in [-0.3, -0.25) is 0 Å². The summed E-state index contributed by atoms with van der Waals surface area (Å²) in [4.78, 5) is 19.6. The lowest BCUT2D eigenvalue weighted by Gasteiger charge is -2.11. The van der Waals surface area contributed by atoms with E-state index in [0.29, 0.717) is 23.2 Å². The van der Waals surface area contributed by atoms with Crippen molar-refractivity contribution in [3.63, 3.8) is 0 Å². The molecular weight excluding hydrogens is 592 g/mol. The summed E-state index contributed by atoms with van der Waals surface area (Å²) in [7, 11) is 0. The van der Waals surface area contributed by atoms with Gasteiger partial charge < -0.3 is 8.83 Å². The van der Waals surface area contributed by atoms with E-state index in [1.807, 2.05) is 78.9 Å². The van der Waals surface area contributed by atoms with Crippen LogP contribution in [-0.4, -0.2) is 19.9 Å². The van der Waals surface area contributed by atoms with Gasteiger partial charge in [0.05, 0.1) is 5.39 Å². The van der Waals surface area contributed by atoms with Crippen LogP contribution < -0.4 is 0 Å². The van der Waals surface area contributed by atoms with Crippen molar-refractivity contribution in [3.05, 3.63) is 146 Å². The predicted molar refractivity (Wildman–Crippen MR) is 191 cm³/mol. The number of benzene rings is 6. The smallest absolute Gasteiger partial charge is 0.228 e. The van der Waals surface area contributed by atoms with Crippen LogP contribution in [0.15, 0.2) is 155 Å². The average Bonchev–Trinajstić information content (AvgIpc) is 3.73. The number of fused-ring (bicyclic) bond motifs is 7. The van der Waals surface area contributed by atoms with Crippen molar-refractivity contribution in [1.82, 2.24) is 19.9 Å². The molecule has 0 fully saturated rings. The van der Waals surface area contributed by atoms with Crippen molar-refractivity contribution in [3.8, 4) is 45.3 Å². The van der Waals surface area contributed by atoms with Gasteiger partial charge in [-0.25, -0.2) is 19.9 Å². The minimum atomic E-state index is 0.551. The summed E-state index contributed by atoms with van der Waals surface area (Å²) in [6.45, 7) is 0. The van der Waals surface area contributed by atoms with E-state index < -0.39 is 0 Å². The van der Waals surface area contributed by atoms with E-state index in [9.17, 15) is 0 Å². The normalized spacial score (nSPS) is 11.8. The Hall–Kier alpha value is -6.66. The molecule has 0 aliphatic rings. The number of nitrogens with zero attached hydrogens (tertiary/aromatic N) is 4. The fraction of sp³-hybridized carbons (Fsp3) is 0. The van der Waals surface area contributed by atoms with E-state index in [2.05, 4.69) is 65.6 Å². The molecule has 4 aromatic heterocycles. The van der Waals surface area contributed by atoms with E-state index in [1.165, 1.54) is 0 Å². The van der Waals surface area contributed by atoms with Crippen LogP contribution in [-0.2, 0) is 0 Å². The Balaban J connectivity index is 1.17. The molecule has 10 aromatic rings. The van der Waals surface area contributed by atoms with Crippen LogP contribution in [0.1, 0.15) is 0 Å². The predicted octanol–water partition coefficient (Wildman–Crippen LogP) is 10.9. The van der Waals surface area contributed by atoms with Gasteiger partial charge in [0.15, 0.2) is 17.5 Å². The molecule has 0 spiro atoms. The fourth-order valence-electron chi connectivity index (χ4n) is 6.83. The number of para-hydroxylation sites is 2. The van der Waals surface area contributed by atoms with Crippen LogP contribution in [0.5, 0.6) is 0 Å². The van der Waals surface area contributed by atoms with Gasteiger partial charge in [0.1, 0.15) is 16.7 Å². The van der Waals surface area contributed by atoms with Gasteiger partial charge in [0.25, 0.3) is 0 Å². The van der Waals surface area contributed by atoms with Crippen LogP contribution in [0.3, 0.4) is 0 Å². The molecule has 0 unspecified atom stereocenters. The van der Waals surface area contributed by atoms with Gasteiger partial charge in [0, 0.05) is 39.0 Å². The summed E-state index contributed by atoms with van der Waals surface area (Å²) in [5.41, 5.74) is 8.02. The topological polar surface area (TPSA) is 77.8 Å². The highest BCUT2D eigenvalue weighted by Gasteiger charge is 2.19. The lowest BCUT2D eigenvalue weighted by atomic mass is 9.94. The number of aromatic nitrogens is 4. The second-order valence-corrected chi connectivity index (χ2v) is 11.8. The molecule has 4 heterocycles. The van der Waals surface area contributed by atoms with Gasteiger partial charge in [-0.15, -0.1) is 0 Å². The number of hydrogen-bond acceptors (Lipinski definition) is 6. The van der Waals surface area contributed by atoms with Crippen molar-refractivity contribution in [2.45, 2.75) is 0 Å². The third-order valence-corrected chi connectivity index (χ3v) is 9.02. The molecule has 48 heavy (non-hydrogen) atoms. The second kappa shape index (κ2) is 10.4. The van der Waals surface area contributed by atoms with Gasteiger partial charge in [-0.05, 0) is 52.2 Å². The number of rotatable bonds is 4. The fourth-order valence-corrected chi connectivity index (χ4v) is 6.83. The summed E-state index contributed by atoms with van der Waals surface area (Å²) in [5.74, 6) is 1.75. The van der Waals surface area contributed by atoms with Crippen molar-refractivity contribution in [2.75, 3.05) is 0 Å². The number of hydrogen-bond donors (Lipinski definition) is 0. The largest absolute Gasteiger partial charge is 0.456 e. The van der Waals surface area contributed by atoms with E-state index >= 15 is 0 Å². The molecule has 0 N–H and O–H groups in total. The van der Waals surface area contributed by atoms with E-state index in [1.54, 1.807) is 6.20 Å². The third kappa shape index (κ3) is 4.13. The zero-order chi connectivity index (χ0) is 31.6. The summed E-state index contributed by atoms with van der Waals surface area (Å²) >= 11 is 0. The van der Waals surface area contributed by atoms with Crippen LogP contribution in [0, 0.1) is 0 Å². The molecule has 6 heteroatoms. The SMILES string of the molecule is c1ccc(-c2nc(-c3ccc4c(-c5cccc6oc7ccccc7c56)cccc4c3)nc(-c3ccnc4oc5ccccc5c34)n2)cc1. The maximum atomic E-state index is 6.21. The average molecular weight is 617 g/mol. The molecule has 0 atom stereocenters. The maximum Gasteiger partial charge on any atom is 0.228 e. The first kappa shape index (κ1) is 26.5. The molecule has 0 saturated heterocycles. The van der Waals surface area contributed by atoms with Gasteiger partial charge >= 0.3 is 0 Å². The zero-order valence-electron chi connectivity index (χ0n) is 25.5. The van der Waals surface area contributed by atoms with Crippen LogP contribution in [0.25, 0.3) is 100 Å². The van der Waals surface area contributed by atoms with Gasteiger partial charge in [0.2, 0.25) is 5.71 Å². The van der Waals surface area contributed by atoms with E-state index in [0.717, 1.165) is 76.9 Å². The molecule has 6 nitrogen and oxygen atoms in total. The molecule has 0 radical (unpaired) electrons. The third-order valence-electron chi connectivity index (χ3n) is 9.02. The summed E-state index contributed by atoms with van der Waals surface area (Å²) in [5, 5.41) is 6.31. The Labute approximate surface area is 274 Å². The molecule has 0 amide bonds. The zero-order valence-corrected chi connectivity index (χ0v) is 25.5. The Morgan fingerprint density at radius 2 is 1.06 bits per heavy atom. The molecule has 6 aromatic carbocycles. The number of pyridine rings is 1. The lowest BCUT2D eigenvalue weighted by Crippen LogP contribution is -2.00. The summed E-state index contributed by atoms with van der Waals surface area (Å²) < 4.78 is 12.3. The maximum absolute atomic E-state index is 6.21. The molecule has 10 rings (SSSR count). The summed E-state index contributed by atoms with van der Waals surface area (Å²) in [6.07, 6.45) is 1.74. The van der Waals surface area contributed by atoms with Crippen molar-refractivity contribution in [1.29, 1.82) is 0 Å². The van der Waals surface area contributed by atoms with E-state index in [-0.39, 0.29) is 0 Å². The van der Waals surface area contributed by atoms with Gasteiger partial charge in [-0.1, -0.05) is 109 Å². The molecule has 0 aliphatic heterocycles. The first-order chi connectivity index (χ1) is 23.8. The molecule has 0 saturated carbocycles. The minimum absolute atomic E-state index is 0.551. The highest BCUT2D eigenvalue weighted by molar-refractivity contribution is 6.15. The quantitative estimate of drug-likeness (QED) is 0.196. The monoisotopic (exact) mass is 616 g/mol. The second-order valence-electron chi connectivity index (χ2n) is 11.8. The van der Waals surface area contributed by atoms with E-state index in [4.69, 9.17) is 23.8 Å². The Bertz CT molecular complexity index is 2850. The van der Waals surface area contributed by atoms with Crippen molar-refractivity contribution < 1.29 is 8.83 Å². The van der Waals surface area contributed by atoms with Gasteiger partial charge in [-0.2, -0.15) is 0 Å². The van der Waals surface area contributed by atoms with Crippen LogP contribution in [0.2, 0.25) is 0 Å². The highest BCUT2D eigenvalue weighted by Crippen LogP contribution is 2.40. The highest BCUT2D eigenvalue weighted by atomic mass is 16.3. The summed E-state index contributed by atoms with van der Waals surface area (Å²) in [6, 6.07) is 47.3. The molecule has 0 bridgehead atoms. The molecule has 0 aliphatic carbocycles. The molecule has 224 valence electrons. The van der Waals surface area contributed by atoms with Crippen LogP contribution >= 0.6 is 0 Å². The Morgan fingerprint density at radius 1 is 0.396 bits per heavy atom. The van der Waals surface area contributed by atoms with Crippen LogP contribution in [0.4, 0.5) is 0 Å². The van der Waals surface area contributed by atoms with Crippen molar-refractivity contribution >= 4 is 54.8 Å². The standard InChI is InChI=1S/C42H24N4O2/c1-2-10-25(11-3-1)39-44-40(46-41(45-39)33-22-23-43-42-38(33)32-14-5-7-18-35(32)48-42)27-20-21-28-26(24-27)12-8-15-29(28)30-16-9-19-36-37(30)31-13-4-6-17-34(31)47-36/h1-24H. The lowest BCUT2D eigenvalue weighted by molar-refractivity contribution is 0.654. The first-order valence-electron chi connectivity index (χ1n) is 15.8. The van der Waals surface area contributed by atoms with Crippen molar-refractivity contribution in [2.24, 2.45) is 0 Å². The Morgan fingerprint density at radius 3 is 1.92 bits per heavy atom. The minimum Gasteiger partial charge on any atom is -0.456 e. The number of furan rings is 2. The first-order valence-corrected chi connectivity index (χ1v) is 15.8. The Kier molecular flexibility index (Phi) is 5.77.